The molecule has 0 amide bonds. The molecule has 0 saturated carbocycles. The largest absolute Gasteiger partial charge is 0.329 e. The zero-order chi connectivity index (χ0) is 8.53. The molecule has 0 fully saturated rings. The molecule has 11 heavy (non-hydrogen) atoms. The quantitative estimate of drug-likeness (QED) is 0.352. The molecule has 66 valence electrons. The molecule has 0 unspecified atom stereocenters. The zero-order valence-electron chi connectivity index (χ0n) is 7.69. The van der Waals surface area contributed by atoms with Gasteiger partial charge in [-0.3, -0.25) is 5.84 Å². The van der Waals surface area contributed by atoms with Crippen LogP contribution in [0.25, 0.3) is 0 Å². The molecule has 0 aliphatic carbocycles. The van der Waals surface area contributed by atoms with Gasteiger partial charge in [0.2, 0.25) is 0 Å². The Morgan fingerprint density at radius 3 is 2.55 bits per heavy atom. The fourth-order valence-corrected chi connectivity index (χ4v) is 0.976. The Morgan fingerprint density at radius 2 is 2.09 bits per heavy atom. The predicted molar refractivity (Wildman–Crippen MR) is 49.8 cm³/mol. The second-order valence-corrected chi connectivity index (χ2v) is 2.72. The Hall–Kier alpha value is -0.500. The van der Waals surface area contributed by atoms with Crippen molar-refractivity contribution in [1.82, 2.24) is 5.43 Å². The van der Waals surface area contributed by atoms with Crippen LogP contribution in [0, 0.1) is 0 Å². The average Bonchev–Trinajstić information content (AvgIpc) is 2.05. The van der Waals surface area contributed by atoms with Gasteiger partial charge >= 0.3 is 0 Å². The monoisotopic (exact) mass is 156 g/mol. The highest BCUT2D eigenvalue weighted by molar-refractivity contribution is 4.96. The minimum absolute atomic E-state index is 1.00. The van der Waals surface area contributed by atoms with Gasteiger partial charge in [-0.05, 0) is 19.3 Å². The van der Waals surface area contributed by atoms with Crippen molar-refractivity contribution in [2.75, 3.05) is 0 Å². The van der Waals surface area contributed by atoms with E-state index in [0.717, 1.165) is 18.5 Å². The summed E-state index contributed by atoms with van der Waals surface area (Å²) in [7, 11) is 0. The van der Waals surface area contributed by atoms with Crippen molar-refractivity contribution in [2.45, 2.75) is 46.0 Å². The molecule has 0 aromatic carbocycles. The fourth-order valence-electron chi connectivity index (χ4n) is 0.976. The molecule has 2 nitrogen and oxygen atoms in total. The average molecular weight is 156 g/mol. The third-order valence-electron chi connectivity index (χ3n) is 1.76. The van der Waals surface area contributed by atoms with E-state index in [9.17, 15) is 0 Å². The predicted octanol–water partition coefficient (Wildman–Crippen LogP) is 2.32. The van der Waals surface area contributed by atoms with Gasteiger partial charge in [0.25, 0.3) is 0 Å². The van der Waals surface area contributed by atoms with E-state index in [0.29, 0.717) is 0 Å². The summed E-state index contributed by atoms with van der Waals surface area (Å²) in [6.07, 6.45) is 8.23. The van der Waals surface area contributed by atoms with Crippen molar-refractivity contribution in [2.24, 2.45) is 5.84 Å². The summed E-state index contributed by atoms with van der Waals surface area (Å²) in [5.41, 5.74) is 3.84. The maximum atomic E-state index is 5.28. The summed E-state index contributed by atoms with van der Waals surface area (Å²) in [6.45, 7) is 4.32. The molecule has 0 saturated heterocycles. The smallest absolute Gasteiger partial charge is 0.0216 e. The first-order chi connectivity index (χ1) is 5.35. The third kappa shape index (κ3) is 5.92. The van der Waals surface area contributed by atoms with Crippen molar-refractivity contribution in [1.29, 1.82) is 0 Å². The Labute approximate surface area is 69.8 Å². The van der Waals surface area contributed by atoms with Crippen molar-refractivity contribution >= 4 is 0 Å². The Kier molecular flexibility index (Phi) is 7.26. The Morgan fingerprint density at radius 1 is 1.36 bits per heavy atom. The van der Waals surface area contributed by atoms with Crippen molar-refractivity contribution in [3.8, 4) is 0 Å². The summed E-state index contributed by atoms with van der Waals surface area (Å²) in [5.74, 6) is 5.28. The highest BCUT2D eigenvalue weighted by Crippen LogP contribution is 2.03. The molecule has 0 aromatic rings. The minimum atomic E-state index is 1.00. The van der Waals surface area contributed by atoms with E-state index in [2.05, 4.69) is 25.3 Å². The maximum absolute atomic E-state index is 5.28. The number of rotatable bonds is 6. The van der Waals surface area contributed by atoms with Crippen molar-refractivity contribution < 1.29 is 0 Å². The van der Waals surface area contributed by atoms with Gasteiger partial charge in [0.1, 0.15) is 0 Å². The molecule has 0 aliphatic rings. The van der Waals surface area contributed by atoms with E-state index < -0.39 is 0 Å². The normalized spacial score (nSPS) is 11.7. The highest BCUT2D eigenvalue weighted by Gasteiger charge is 1.88. The molecule has 0 heterocycles. The summed E-state index contributed by atoms with van der Waals surface area (Å²) >= 11 is 0. The minimum Gasteiger partial charge on any atom is -0.329 e. The topological polar surface area (TPSA) is 38.0 Å². The molecular weight excluding hydrogens is 136 g/mol. The van der Waals surface area contributed by atoms with Gasteiger partial charge in [0.15, 0.2) is 0 Å². The molecule has 3 N–H and O–H groups in total. The van der Waals surface area contributed by atoms with Crippen molar-refractivity contribution in [3.05, 3.63) is 11.8 Å². The zero-order valence-corrected chi connectivity index (χ0v) is 7.69. The van der Waals surface area contributed by atoms with E-state index >= 15 is 0 Å². The van der Waals surface area contributed by atoms with Gasteiger partial charge in [-0.25, -0.2) is 0 Å². The van der Waals surface area contributed by atoms with Gasteiger partial charge < -0.3 is 5.43 Å². The van der Waals surface area contributed by atoms with Crippen LogP contribution in [-0.4, -0.2) is 0 Å². The summed E-state index contributed by atoms with van der Waals surface area (Å²) in [5, 5.41) is 0. The molecule has 0 spiro atoms. The number of unbranched alkanes of at least 4 members (excludes halogenated alkanes) is 3. The lowest BCUT2D eigenvalue weighted by atomic mass is 10.2. The SMILES string of the molecule is CCCCCC=C(CC)NN. The van der Waals surface area contributed by atoms with E-state index in [1.54, 1.807) is 0 Å². The molecule has 0 bridgehead atoms. The van der Waals surface area contributed by atoms with Crippen LogP contribution in [0.2, 0.25) is 0 Å². The number of hydrogen-bond donors (Lipinski definition) is 2. The maximum Gasteiger partial charge on any atom is 0.0216 e. The number of allylic oxidation sites excluding steroid dienone is 2. The van der Waals surface area contributed by atoms with Gasteiger partial charge in [0.05, 0.1) is 0 Å². The Balaban J connectivity index is 3.37. The van der Waals surface area contributed by atoms with Crippen LogP contribution in [-0.2, 0) is 0 Å². The lowest BCUT2D eigenvalue weighted by molar-refractivity contribution is 0.717. The molecule has 0 aliphatic heterocycles. The van der Waals surface area contributed by atoms with Crippen molar-refractivity contribution in [3.63, 3.8) is 0 Å². The van der Waals surface area contributed by atoms with Crippen LogP contribution >= 0.6 is 0 Å². The fraction of sp³-hybridized carbons (Fsp3) is 0.778. The number of nitrogens with one attached hydrogen (secondary N) is 1. The van der Waals surface area contributed by atoms with Gasteiger partial charge in [-0.15, -0.1) is 0 Å². The molecule has 0 radical (unpaired) electrons. The Bertz CT molecular complexity index is 102. The summed E-state index contributed by atoms with van der Waals surface area (Å²) < 4.78 is 0. The van der Waals surface area contributed by atoms with Gasteiger partial charge in [-0.2, -0.15) is 0 Å². The lowest BCUT2D eigenvalue weighted by Gasteiger charge is -2.01. The van der Waals surface area contributed by atoms with E-state index in [1.807, 2.05) is 0 Å². The second-order valence-electron chi connectivity index (χ2n) is 2.72. The van der Waals surface area contributed by atoms with E-state index in [1.165, 1.54) is 19.3 Å². The molecule has 0 aromatic heterocycles. The first-order valence-electron chi connectivity index (χ1n) is 4.50. The van der Waals surface area contributed by atoms with Crippen LogP contribution in [0.1, 0.15) is 46.0 Å². The first-order valence-corrected chi connectivity index (χ1v) is 4.50. The number of hydrogen-bond acceptors (Lipinski definition) is 2. The molecule has 2 heteroatoms. The summed E-state index contributed by atoms with van der Waals surface area (Å²) in [6, 6.07) is 0. The van der Waals surface area contributed by atoms with E-state index in [4.69, 9.17) is 5.84 Å². The van der Waals surface area contributed by atoms with Crippen LogP contribution in [0.3, 0.4) is 0 Å². The third-order valence-corrected chi connectivity index (χ3v) is 1.76. The van der Waals surface area contributed by atoms with Crippen LogP contribution in [0.4, 0.5) is 0 Å². The number of hydrazine groups is 1. The van der Waals surface area contributed by atoms with Crippen LogP contribution < -0.4 is 11.3 Å². The van der Waals surface area contributed by atoms with E-state index in [-0.39, 0.29) is 0 Å². The molecule has 0 atom stereocenters. The van der Waals surface area contributed by atoms with Gasteiger partial charge in [-0.1, -0.05) is 32.8 Å². The van der Waals surface area contributed by atoms with Crippen LogP contribution in [0.15, 0.2) is 11.8 Å². The molecule has 0 rings (SSSR count). The first kappa shape index (κ1) is 10.5. The second kappa shape index (κ2) is 7.61. The van der Waals surface area contributed by atoms with Gasteiger partial charge in [0, 0.05) is 5.70 Å². The number of nitrogens with two attached hydrogens (primary N) is 1. The lowest BCUT2D eigenvalue weighted by Crippen LogP contribution is -2.20. The molecular formula is C9H20N2. The standard InChI is InChI=1S/C9H20N2/c1-3-5-6-7-8-9(4-2)11-10/h8,11H,3-7,10H2,1-2H3. The summed E-state index contributed by atoms with van der Waals surface area (Å²) in [4.78, 5) is 0. The van der Waals surface area contributed by atoms with Crippen LogP contribution in [0.5, 0.6) is 0 Å². The highest BCUT2D eigenvalue weighted by atomic mass is 15.2.